The number of halogens is 3. The Bertz CT molecular complexity index is 822. The van der Waals surface area contributed by atoms with Crippen LogP contribution in [0.1, 0.15) is 28.9 Å². The van der Waals surface area contributed by atoms with Crippen LogP contribution >= 0.6 is 0 Å². The van der Waals surface area contributed by atoms with E-state index in [0.717, 1.165) is 25.0 Å². The first-order valence-corrected chi connectivity index (χ1v) is 7.39. The van der Waals surface area contributed by atoms with Crippen molar-refractivity contribution in [2.45, 2.75) is 25.1 Å². The molecule has 1 atom stereocenters. The van der Waals surface area contributed by atoms with Crippen molar-refractivity contribution in [1.82, 2.24) is 9.88 Å². The summed E-state index contributed by atoms with van der Waals surface area (Å²) in [6, 6.07) is 3.59. The van der Waals surface area contributed by atoms with Gasteiger partial charge in [0.2, 0.25) is 0 Å². The number of fused-ring (bicyclic) bond motifs is 1. The molecule has 2 aromatic rings. The first-order chi connectivity index (χ1) is 11.2. The average Bonchev–Trinajstić information content (AvgIpc) is 3.27. The molecule has 1 aliphatic rings. The van der Waals surface area contributed by atoms with Gasteiger partial charge >= 0.3 is 12.1 Å². The molecule has 1 saturated carbocycles. The third kappa shape index (κ3) is 2.95. The molecule has 1 unspecified atom stereocenters. The molecule has 1 aromatic carbocycles. The smallest absolute Gasteiger partial charge is 0.416 e. The number of rotatable bonds is 4. The van der Waals surface area contributed by atoms with Crippen LogP contribution < -0.4 is 5.32 Å². The van der Waals surface area contributed by atoms with E-state index >= 15 is 0 Å². The minimum Gasteiger partial charge on any atom is -0.480 e. The van der Waals surface area contributed by atoms with Gasteiger partial charge in [0.1, 0.15) is 11.7 Å². The molecule has 1 heterocycles. The van der Waals surface area contributed by atoms with E-state index in [1.54, 1.807) is 7.05 Å². The number of benzene rings is 1. The maximum atomic E-state index is 12.8. The van der Waals surface area contributed by atoms with Crippen LogP contribution in [0.15, 0.2) is 24.3 Å². The number of nitrogens with zero attached hydrogens (tertiary/aromatic N) is 1. The molecule has 1 aromatic heterocycles. The van der Waals surface area contributed by atoms with Crippen LogP contribution in [-0.4, -0.2) is 27.6 Å². The van der Waals surface area contributed by atoms with Crippen molar-refractivity contribution in [3.05, 3.63) is 35.5 Å². The summed E-state index contributed by atoms with van der Waals surface area (Å²) in [4.78, 5) is 23.6. The highest BCUT2D eigenvalue weighted by Gasteiger charge is 2.38. The van der Waals surface area contributed by atoms with Gasteiger partial charge < -0.3 is 15.0 Å². The summed E-state index contributed by atoms with van der Waals surface area (Å²) in [5, 5.41) is 11.9. The molecule has 1 aliphatic carbocycles. The van der Waals surface area contributed by atoms with Crippen LogP contribution in [0.4, 0.5) is 13.2 Å². The van der Waals surface area contributed by atoms with E-state index in [1.807, 2.05) is 0 Å². The zero-order chi connectivity index (χ0) is 17.6. The number of nitrogens with one attached hydrogen (secondary N) is 1. The van der Waals surface area contributed by atoms with Crippen LogP contribution in [0.2, 0.25) is 0 Å². The number of hydrogen-bond acceptors (Lipinski definition) is 2. The SMILES string of the molecule is Cn1c(C(=O)NC(C(=O)O)C2CC2)cc2cc(C(F)(F)F)ccc21. The second kappa shape index (κ2) is 5.54. The molecule has 8 heteroatoms. The zero-order valence-electron chi connectivity index (χ0n) is 12.7. The normalized spacial score (nSPS) is 16.2. The minimum atomic E-state index is -4.47. The summed E-state index contributed by atoms with van der Waals surface area (Å²) < 4.78 is 39.8. The van der Waals surface area contributed by atoms with Crippen LogP contribution in [0.5, 0.6) is 0 Å². The van der Waals surface area contributed by atoms with Crippen molar-refractivity contribution in [1.29, 1.82) is 0 Å². The average molecular weight is 340 g/mol. The third-order valence-electron chi connectivity index (χ3n) is 4.25. The lowest BCUT2D eigenvalue weighted by Gasteiger charge is -2.13. The van der Waals surface area contributed by atoms with E-state index in [-0.39, 0.29) is 17.0 Å². The highest BCUT2D eigenvalue weighted by molar-refractivity contribution is 6.00. The summed E-state index contributed by atoms with van der Waals surface area (Å²) in [7, 11) is 1.55. The Morgan fingerprint density at radius 1 is 1.29 bits per heavy atom. The Morgan fingerprint density at radius 2 is 1.96 bits per heavy atom. The molecule has 3 rings (SSSR count). The standard InChI is InChI=1S/C16H15F3N2O3/c1-21-11-5-4-10(16(17,18)19)6-9(11)7-12(21)14(22)20-13(15(23)24)8-2-3-8/h4-8,13H,2-3H2,1H3,(H,20,22)(H,23,24). The molecule has 2 N–H and O–H groups in total. The number of alkyl halides is 3. The first-order valence-electron chi connectivity index (χ1n) is 7.39. The highest BCUT2D eigenvalue weighted by Crippen LogP contribution is 2.34. The van der Waals surface area contributed by atoms with Gasteiger partial charge in [0, 0.05) is 18.0 Å². The number of amides is 1. The number of carbonyl (C=O) groups is 2. The van der Waals surface area contributed by atoms with Crippen molar-refractivity contribution >= 4 is 22.8 Å². The summed E-state index contributed by atoms with van der Waals surface area (Å²) in [6.45, 7) is 0. The van der Waals surface area contributed by atoms with Crippen molar-refractivity contribution in [2.75, 3.05) is 0 Å². The molecular weight excluding hydrogens is 325 g/mol. The van der Waals surface area contributed by atoms with Crippen molar-refractivity contribution < 1.29 is 27.9 Å². The Hall–Kier alpha value is -2.51. The molecule has 5 nitrogen and oxygen atoms in total. The topological polar surface area (TPSA) is 71.3 Å². The number of hydrogen-bond donors (Lipinski definition) is 2. The molecule has 0 spiro atoms. The van der Waals surface area contributed by atoms with Gasteiger partial charge in [0.15, 0.2) is 0 Å². The van der Waals surface area contributed by atoms with Crippen LogP contribution in [0.25, 0.3) is 10.9 Å². The lowest BCUT2D eigenvalue weighted by Crippen LogP contribution is -2.42. The van der Waals surface area contributed by atoms with E-state index in [0.29, 0.717) is 5.52 Å². The van der Waals surface area contributed by atoms with Gasteiger partial charge in [0.25, 0.3) is 5.91 Å². The largest absolute Gasteiger partial charge is 0.480 e. The molecule has 0 saturated heterocycles. The second-order valence-corrected chi connectivity index (χ2v) is 5.99. The molecule has 1 fully saturated rings. The number of carboxylic acid groups (broad SMARTS) is 1. The number of aryl methyl sites for hydroxylation is 1. The zero-order valence-corrected chi connectivity index (χ0v) is 12.7. The fourth-order valence-electron chi connectivity index (χ4n) is 2.77. The van der Waals surface area contributed by atoms with Gasteiger partial charge in [-0.25, -0.2) is 4.79 Å². The maximum Gasteiger partial charge on any atom is 0.416 e. The summed E-state index contributed by atoms with van der Waals surface area (Å²) >= 11 is 0. The van der Waals surface area contributed by atoms with Crippen LogP contribution in [0.3, 0.4) is 0 Å². The van der Waals surface area contributed by atoms with E-state index < -0.39 is 29.7 Å². The number of aliphatic carboxylic acids is 1. The van der Waals surface area contributed by atoms with Crippen molar-refractivity contribution in [3.8, 4) is 0 Å². The van der Waals surface area contributed by atoms with Crippen molar-refractivity contribution in [2.24, 2.45) is 13.0 Å². The van der Waals surface area contributed by atoms with E-state index in [2.05, 4.69) is 5.32 Å². The van der Waals surface area contributed by atoms with Crippen molar-refractivity contribution in [3.63, 3.8) is 0 Å². The fraction of sp³-hybridized carbons (Fsp3) is 0.375. The molecule has 128 valence electrons. The monoisotopic (exact) mass is 340 g/mol. The Balaban J connectivity index is 1.92. The van der Waals surface area contributed by atoms with Gasteiger partial charge in [-0.05, 0) is 43.0 Å². The van der Waals surface area contributed by atoms with Crippen LogP contribution in [-0.2, 0) is 18.0 Å². The number of aromatic nitrogens is 1. The molecular formula is C16H15F3N2O3. The van der Waals surface area contributed by atoms with E-state index in [9.17, 15) is 22.8 Å². The van der Waals surface area contributed by atoms with Gasteiger partial charge in [-0.2, -0.15) is 13.2 Å². The van der Waals surface area contributed by atoms with Gasteiger partial charge in [0.05, 0.1) is 5.56 Å². The van der Waals surface area contributed by atoms with Gasteiger partial charge in [-0.3, -0.25) is 4.79 Å². The molecule has 0 radical (unpaired) electrons. The van der Waals surface area contributed by atoms with Crippen LogP contribution in [0, 0.1) is 5.92 Å². The Kier molecular flexibility index (Phi) is 3.77. The second-order valence-electron chi connectivity index (χ2n) is 5.99. The number of carboxylic acids is 1. The lowest BCUT2D eigenvalue weighted by molar-refractivity contribution is -0.140. The highest BCUT2D eigenvalue weighted by atomic mass is 19.4. The molecule has 1 amide bonds. The Morgan fingerprint density at radius 3 is 2.50 bits per heavy atom. The predicted octanol–water partition coefficient (Wildman–Crippen LogP) is 2.79. The molecule has 0 bridgehead atoms. The number of carbonyl (C=O) groups excluding carboxylic acids is 1. The summed E-state index contributed by atoms with van der Waals surface area (Å²) in [5.74, 6) is -1.80. The minimum absolute atomic E-state index is 0.0852. The van der Waals surface area contributed by atoms with E-state index in [1.165, 1.54) is 16.7 Å². The van der Waals surface area contributed by atoms with Gasteiger partial charge in [-0.1, -0.05) is 0 Å². The summed E-state index contributed by atoms with van der Waals surface area (Å²) in [5.41, 5.74) is -0.211. The van der Waals surface area contributed by atoms with Gasteiger partial charge in [-0.15, -0.1) is 0 Å². The predicted molar refractivity (Wildman–Crippen MR) is 79.5 cm³/mol. The quantitative estimate of drug-likeness (QED) is 0.899. The molecule has 0 aliphatic heterocycles. The Labute approximate surface area is 135 Å². The molecule has 24 heavy (non-hydrogen) atoms. The maximum absolute atomic E-state index is 12.8. The fourth-order valence-corrected chi connectivity index (χ4v) is 2.77. The third-order valence-corrected chi connectivity index (χ3v) is 4.25. The lowest BCUT2D eigenvalue weighted by atomic mass is 10.1. The van der Waals surface area contributed by atoms with E-state index in [4.69, 9.17) is 5.11 Å². The first kappa shape index (κ1) is 16.4. The summed E-state index contributed by atoms with van der Waals surface area (Å²) in [6.07, 6.45) is -2.99.